The smallest absolute Gasteiger partial charge is 0.134 e. The molecule has 0 amide bonds. The number of benzene rings is 1. The minimum atomic E-state index is 0.283. The molecule has 1 aromatic carbocycles. The van der Waals surface area contributed by atoms with Crippen molar-refractivity contribution in [2.45, 2.75) is 26.4 Å². The largest absolute Gasteiger partial charge is 0.461 e. The van der Waals surface area contributed by atoms with Gasteiger partial charge in [0.15, 0.2) is 0 Å². The van der Waals surface area contributed by atoms with Gasteiger partial charge in [0.05, 0.1) is 0 Å². The molecule has 0 aliphatic carbocycles. The Balaban J connectivity index is 1.79. The average Bonchev–Trinajstić information content (AvgIpc) is 2.81. The number of para-hydroxylation sites is 1. The monoisotopic (exact) mass is 266 g/mol. The van der Waals surface area contributed by atoms with Crippen molar-refractivity contribution < 1.29 is 4.42 Å². The number of hydrogen-bond acceptors (Lipinski definition) is 3. The number of fused-ring (bicyclic) bond motifs is 1. The highest BCUT2D eigenvalue weighted by Gasteiger charge is 2.11. The van der Waals surface area contributed by atoms with Crippen LogP contribution in [0.5, 0.6) is 0 Å². The minimum absolute atomic E-state index is 0.283. The van der Waals surface area contributed by atoms with E-state index >= 15 is 0 Å². The molecule has 2 aromatic heterocycles. The van der Waals surface area contributed by atoms with E-state index in [1.807, 2.05) is 49.6 Å². The highest BCUT2D eigenvalue weighted by molar-refractivity contribution is 5.82. The van der Waals surface area contributed by atoms with Crippen molar-refractivity contribution >= 4 is 11.0 Å². The van der Waals surface area contributed by atoms with Gasteiger partial charge in [-0.3, -0.25) is 4.98 Å². The van der Waals surface area contributed by atoms with Gasteiger partial charge in [0.25, 0.3) is 0 Å². The van der Waals surface area contributed by atoms with Gasteiger partial charge < -0.3 is 9.73 Å². The predicted molar refractivity (Wildman–Crippen MR) is 80.4 cm³/mol. The lowest BCUT2D eigenvalue weighted by molar-refractivity contribution is 0.544. The lowest BCUT2D eigenvalue weighted by Gasteiger charge is -2.13. The van der Waals surface area contributed by atoms with Gasteiger partial charge in [-0.15, -0.1) is 0 Å². The van der Waals surface area contributed by atoms with E-state index < -0.39 is 0 Å². The molecular weight excluding hydrogens is 248 g/mol. The van der Waals surface area contributed by atoms with Crippen molar-refractivity contribution in [1.82, 2.24) is 10.3 Å². The summed E-state index contributed by atoms with van der Waals surface area (Å²) < 4.78 is 5.79. The van der Waals surface area contributed by atoms with Crippen LogP contribution >= 0.6 is 0 Å². The van der Waals surface area contributed by atoms with Crippen LogP contribution in [0.1, 0.15) is 29.9 Å². The SMILES string of the molecule is Cc1oc2ccccc2c1CN[C@H](C)c1ccncc1. The number of furan rings is 1. The van der Waals surface area contributed by atoms with Crippen molar-refractivity contribution in [1.29, 1.82) is 0 Å². The fraction of sp³-hybridized carbons (Fsp3) is 0.235. The van der Waals surface area contributed by atoms with Crippen LogP contribution < -0.4 is 5.32 Å². The second-order valence-corrected chi connectivity index (χ2v) is 5.02. The number of aryl methyl sites for hydroxylation is 1. The van der Waals surface area contributed by atoms with Crippen molar-refractivity contribution in [3.8, 4) is 0 Å². The molecule has 0 aliphatic heterocycles. The summed E-state index contributed by atoms with van der Waals surface area (Å²) in [6.07, 6.45) is 3.65. The molecule has 3 rings (SSSR count). The lowest BCUT2D eigenvalue weighted by Crippen LogP contribution is -2.18. The van der Waals surface area contributed by atoms with Crippen molar-refractivity contribution in [2.24, 2.45) is 0 Å². The first-order valence-electron chi connectivity index (χ1n) is 6.86. The Labute approximate surface area is 118 Å². The Morgan fingerprint density at radius 2 is 1.90 bits per heavy atom. The maximum absolute atomic E-state index is 5.79. The van der Waals surface area contributed by atoms with E-state index in [1.54, 1.807) is 0 Å². The Morgan fingerprint density at radius 3 is 2.70 bits per heavy atom. The number of nitrogens with one attached hydrogen (secondary N) is 1. The summed E-state index contributed by atoms with van der Waals surface area (Å²) in [4.78, 5) is 4.05. The van der Waals surface area contributed by atoms with Crippen molar-refractivity contribution in [2.75, 3.05) is 0 Å². The van der Waals surface area contributed by atoms with Crippen LogP contribution in [0.4, 0.5) is 0 Å². The molecule has 0 aliphatic rings. The molecule has 1 N–H and O–H groups in total. The van der Waals surface area contributed by atoms with E-state index in [1.165, 1.54) is 16.5 Å². The van der Waals surface area contributed by atoms with Crippen LogP contribution in [0, 0.1) is 6.92 Å². The summed E-state index contributed by atoms with van der Waals surface area (Å²) in [6, 6.07) is 12.5. The third-order valence-electron chi connectivity index (χ3n) is 3.69. The highest BCUT2D eigenvalue weighted by atomic mass is 16.3. The van der Waals surface area contributed by atoms with Crippen LogP contribution in [0.15, 0.2) is 53.2 Å². The summed E-state index contributed by atoms with van der Waals surface area (Å²) in [5.74, 6) is 0.987. The van der Waals surface area contributed by atoms with Gasteiger partial charge in [0.2, 0.25) is 0 Å². The van der Waals surface area contributed by atoms with Gasteiger partial charge >= 0.3 is 0 Å². The van der Waals surface area contributed by atoms with E-state index in [4.69, 9.17) is 4.42 Å². The van der Waals surface area contributed by atoms with E-state index in [0.717, 1.165) is 17.9 Å². The molecule has 3 nitrogen and oxygen atoms in total. The summed E-state index contributed by atoms with van der Waals surface area (Å²) in [6.45, 7) is 4.98. The van der Waals surface area contributed by atoms with Gasteiger partial charge in [0, 0.05) is 35.9 Å². The molecule has 0 saturated heterocycles. The maximum Gasteiger partial charge on any atom is 0.134 e. The van der Waals surface area contributed by atoms with Crippen LogP contribution in [-0.2, 0) is 6.54 Å². The molecule has 0 unspecified atom stereocenters. The topological polar surface area (TPSA) is 38.1 Å². The molecule has 2 heterocycles. The van der Waals surface area contributed by atoms with Gasteiger partial charge in [0.1, 0.15) is 11.3 Å². The number of hydrogen-bond donors (Lipinski definition) is 1. The molecule has 0 bridgehead atoms. The van der Waals surface area contributed by atoms with Gasteiger partial charge in [-0.05, 0) is 37.6 Å². The maximum atomic E-state index is 5.79. The lowest BCUT2D eigenvalue weighted by atomic mass is 10.1. The van der Waals surface area contributed by atoms with E-state index in [0.29, 0.717) is 0 Å². The molecule has 0 fully saturated rings. The molecule has 1 atom stereocenters. The zero-order valence-electron chi connectivity index (χ0n) is 11.8. The van der Waals surface area contributed by atoms with E-state index in [2.05, 4.69) is 23.3 Å². The Morgan fingerprint density at radius 1 is 1.15 bits per heavy atom. The molecule has 20 heavy (non-hydrogen) atoms. The van der Waals surface area contributed by atoms with E-state index in [9.17, 15) is 0 Å². The second-order valence-electron chi connectivity index (χ2n) is 5.02. The molecule has 102 valence electrons. The Kier molecular flexibility index (Phi) is 3.52. The Hall–Kier alpha value is -2.13. The minimum Gasteiger partial charge on any atom is -0.461 e. The zero-order valence-corrected chi connectivity index (χ0v) is 11.8. The molecule has 3 aromatic rings. The second kappa shape index (κ2) is 5.47. The summed E-state index contributed by atoms with van der Waals surface area (Å²) in [5.41, 5.74) is 3.44. The van der Waals surface area contributed by atoms with Crippen LogP contribution in [0.3, 0.4) is 0 Å². The molecule has 0 spiro atoms. The summed E-state index contributed by atoms with van der Waals surface area (Å²) in [7, 11) is 0. The highest BCUT2D eigenvalue weighted by Crippen LogP contribution is 2.25. The zero-order chi connectivity index (χ0) is 13.9. The van der Waals surface area contributed by atoms with Gasteiger partial charge in [-0.1, -0.05) is 18.2 Å². The first-order valence-corrected chi connectivity index (χ1v) is 6.86. The summed E-state index contributed by atoms with van der Waals surface area (Å²) >= 11 is 0. The van der Waals surface area contributed by atoms with Gasteiger partial charge in [-0.2, -0.15) is 0 Å². The number of rotatable bonds is 4. The molecular formula is C17H18N2O. The number of nitrogens with zero attached hydrogens (tertiary/aromatic N) is 1. The normalized spacial score (nSPS) is 12.7. The van der Waals surface area contributed by atoms with Crippen molar-refractivity contribution in [3.05, 3.63) is 65.7 Å². The third kappa shape index (κ3) is 2.45. The van der Waals surface area contributed by atoms with E-state index in [-0.39, 0.29) is 6.04 Å². The first-order chi connectivity index (χ1) is 9.75. The van der Waals surface area contributed by atoms with Gasteiger partial charge in [-0.25, -0.2) is 0 Å². The standard InChI is InChI=1S/C17H18N2O/c1-12(14-7-9-18-10-8-14)19-11-16-13(2)20-17-6-4-3-5-15(16)17/h3-10,12,19H,11H2,1-2H3/t12-/m1/s1. The van der Waals surface area contributed by atoms with Crippen LogP contribution in [-0.4, -0.2) is 4.98 Å². The number of aromatic nitrogens is 1. The molecule has 0 radical (unpaired) electrons. The van der Waals surface area contributed by atoms with Crippen molar-refractivity contribution in [3.63, 3.8) is 0 Å². The third-order valence-corrected chi connectivity index (χ3v) is 3.69. The first kappa shape index (κ1) is 12.9. The quantitative estimate of drug-likeness (QED) is 0.776. The average molecular weight is 266 g/mol. The predicted octanol–water partition coefficient (Wildman–Crippen LogP) is 3.99. The summed E-state index contributed by atoms with van der Waals surface area (Å²) in [5, 5.41) is 4.74. The molecule has 0 saturated carbocycles. The van der Waals surface area contributed by atoms with Crippen LogP contribution in [0.25, 0.3) is 11.0 Å². The molecule has 3 heteroatoms. The fourth-order valence-corrected chi connectivity index (χ4v) is 2.47. The number of pyridine rings is 1. The van der Waals surface area contributed by atoms with Crippen LogP contribution in [0.2, 0.25) is 0 Å². The Bertz CT molecular complexity index is 703. The fourth-order valence-electron chi connectivity index (χ4n) is 2.47.